The number of carbonyl (C=O) groups is 3. The quantitative estimate of drug-likeness (QED) is 0.737. The summed E-state index contributed by atoms with van der Waals surface area (Å²) in [6.07, 6.45) is 3.14. The van der Waals surface area contributed by atoms with E-state index in [9.17, 15) is 14.4 Å². The number of nitrogens with zero attached hydrogens (tertiary/aromatic N) is 2. The highest BCUT2D eigenvalue weighted by atomic mass is 16.2. The largest absolute Gasteiger partial charge is 0.322 e. The van der Waals surface area contributed by atoms with Crippen molar-refractivity contribution in [2.24, 2.45) is 5.92 Å². The van der Waals surface area contributed by atoms with E-state index >= 15 is 0 Å². The highest BCUT2D eigenvalue weighted by molar-refractivity contribution is 6.05. The van der Waals surface area contributed by atoms with E-state index in [1.165, 1.54) is 12.8 Å². The highest BCUT2D eigenvalue weighted by Crippen LogP contribution is 2.30. The van der Waals surface area contributed by atoms with Crippen molar-refractivity contribution in [3.63, 3.8) is 0 Å². The van der Waals surface area contributed by atoms with Gasteiger partial charge in [0.2, 0.25) is 11.8 Å². The Morgan fingerprint density at radius 3 is 2.82 bits per heavy atom. The monoisotopic (exact) mass is 384 g/mol. The number of carbonyl (C=O) groups excluding carboxylic acids is 3. The molecule has 0 spiro atoms. The van der Waals surface area contributed by atoms with Crippen molar-refractivity contribution in [2.75, 3.05) is 26.7 Å². The summed E-state index contributed by atoms with van der Waals surface area (Å²) in [6, 6.07) is 5.41. The zero-order valence-electron chi connectivity index (χ0n) is 16.4. The second-order valence-corrected chi connectivity index (χ2v) is 8.26. The Morgan fingerprint density at radius 1 is 1.21 bits per heavy atom. The van der Waals surface area contributed by atoms with Gasteiger partial charge >= 0.3 is 0 Å². The van der Waals surface area contributed by atoms with Crippen molar-refractivity contribution >= 4 is 17.7 Å². The molecule has 3 amide bonds. The van der Waals surface area contributed by atoms with Crippen LogP contribution < -0.4 is 10.6 Å². The van der Waals surface area contributed by atoms with Crippen molar-refractivity contribution in [1.29, 1.82) is 0 Å². The number of piperidine rings is 2. The topological polar surface area (TPSA) is 81.8 Å². The third kappa shape index (κ3) is 3.82. The van der Waals surface area contributed by atoms with E-state index in [2.05, 4.69) is 22.6 Å². The lowest BCUT2D eigenvalue weighted by Crippen LogP contribution is -2.52. The molecule has 2 unspecified atom stereocenters. The Bertz CT molecular complexity index is 788. The Morgan fingerprint density at radius 2 is 2.07 bits per heavy atom. The molecule has 0 aliphatic carbocycles. The summed E-state index contributed by atoms with van der Waals surface area (Å²) < 4.78 is 0. The van der Waals surface area contributed by atoms with Crippen LogP contribution in [0.1, 0.15) is 47.2 Å². The number of fused-ring (bicyclic) bond motifs is 1. The third-order valence-corrected chi connectivity index (χ3v) is 6.05. The predicted molar refractivity (Wildman–Crippen MR) is 104 cm³/mol. The lowest BCUT2D eigenvalue weighted by Gasteiger charge is -2.29. The van der Waals surface area contributed by atoms with E-state index in [1.54, 1.807) is 4.90 Å². The second kappa shape index (κ2) is 8.01. The number of imide groups is 1. The standard InChI is InChI=1S/C21H28N4O3/c1-24(11-14-4-3-9-22-10-14)12-15-5-2-6-16-13-25(21(28)19(15)16)17-7-8-18(26)23-20(17)27/h2,5-6,14,17,22H,3-4,7-13H2,1H3,(H,23,26,27). The molecule has 2 N–H and O–H groups in total. The van der Waals surface area contributed by atoms with E-state index in [4.69, 9.17) is 0 Å². The van der Waals surface area contributed by atoms with Crippen LogP contribution >= 0.6 is 0 Å². The zero-order chi connectivity index (χ0) is 19.7. The van der Waals surface area contributed by atoms with Gasteiger partial charge in [-0.05, 0) is 56.4 Å². The van der Waals surface area contributed by atoms with Crippen LogP contribution in [0.25, 0.3) is 0 Å². The summed E-state index contributed by atoms with van der Waals surface area (Å²) in [4.78, 5) is 40.7. The molecule has 28 heavy (non-hydrogen) atoms. The van der Waals surface area contributed by atoms with Gasteiger partial charge in [0.1, 0.15) is 6.04 Å². The van der Waals surface area contributed by atoms with E-state index in [-0.39, 0.29) is 24.1 Å². The molecule has 4 rings (SSSR count). The number of nitrogens with one attached hydrogen (secondary N) is 2. The van der Waals surface area contributed by atoms with Crippen molar-refractivity contribution in [1.82, 2.24) is 20.4 Å². The van der Waals surface area contributed by atoms with Crippen LogP contribution in [0, 0.1) is 5.92 Å². The molecular weight excluding hydrogens is 356 g/mol. The summed E-state index contributed by atoms with van der Waals surface area (Å²) in [6.45, 7) is 4.32. The molecule has 0 saturated carbocycles. The van der Waals surface area contributed by atoms with Gasteiger partial charge in [-0.1, -0.05) is 18.2 Å². The van der Waals surface area contributed by atoms with E-state index < -0.39 is 6.04 Å². The number of hydrogen-bond acceptors (Lipinski definition) is 5. The highest BCUT2D eigenvalue weighted by Gasteiger charge is 2.40. The summed E-state index contributed by atoms with van der Waals surface area (Å²) in [5, 5.41) is 5.81. The molecule has 1 aromatic carbocycles. The fourth-order valence-electron chi connectivity index (χ4n) is 4.70. The molecule has 7 heteroatoms. The van der Waals surface area contributed by atoms with E-state index in [0.717, 1.165) is 36.3 Å². The van der Waals surface area contributed by atoms with Crippen molar-refractivity contribution in [2.45, 2.75) is 44.8 Å². The number of rotatable bonds is 5. The molecule has 0 radical (unpaired) electrons. The van der Waals surface area contributed by atoms with Gasteiger partial charge in [0.25, 0.3) is 5.91 Å². The van der Waals surface area contributed by atoms with Gasteiger partial charge in [0.15, 0.2) is 0 Å². The molecule has 3 heterocycles. The Kier molecular flexibility index (Phi) is 5.46. The normalized spacial score (nSPS) is 25.2. The Balaban J connectivity index is 1.47. The number of hydrogen-bond donors (Lipinski definition) is 2. The molecular formula is C21H28N4O3. The van der Waals surface area contributed by atoms with Gasteiger partial charge in [-0.2, -0.15) is 0 Å². The molecule has 3 aliphatic heterocycles. The maximum atomic E-state index is 13.1. The fraction of sp³-hybridized carbons (Fsp3) is 0.571. The van der Waals surface area contributed by atoms with Crippen LogP contribution in [0.5, 0.6) is 0 Å². The first-order valence-electron chi connectivity index (χ1n) is 10.2. The minimum Gasteiger partial charge on any atom is -0.322 e. The lowest BCUT2D eigenvalue weighted by molar-refractivity contribution is -0.136. The van der Waals surface area contributed by atoms with Crippen LogP contribution in [0.4, 0.5) is 0 Å². The van der Waals surface area contributed by atoms with Crippen molar-refractivity contribution in [3.8, 4) is 0 Å². The SMILES string of the molecule is CN(Cc1cccc2c1C(=O)N(C1CCC(=O)NC1=O)C2)CC1CCCNC1. The molecule has 150 valence electrons. The second-order valence-electron chi connectivity index (χ2n) is 8.26. The van der Waals surface area contributed by atoms with Crippen LogP contribution in [0.2, 0.25) is 0 Å². The molecule has 3 aliphatic rings. The summed E-state index contributed by atoms with van der Waals surface area (Å²) in [5.41, 5.74) is 2.73. The van der Waals surface area contributed by atoms with Crippen LogP contribution in [0.15, 0.2) is 18.2 Å². The molecule has 7 nitrogen and oxygen atoms in total. The van der Waals surface area contributed by atoms with Crippen LogP contribution in [-0.2, 0) is 22.7 Å². The first-order chi connectivity index (χ1) is 13.5. The molecule has 2 fully saturated rings. The van der Waals surface area contributed by atoms with Gasteiger partial charge in [-0.3, -0.25) is 19.7 Å². The molecule has 2 saturated heterocycles. The maximum absolute atomic E-state index is 13.1. The van der Waals surface area contributed by atoms with Gasteiger partial charge in [0.05, 0.1) is 0 Å². The summed E-state index contributed by atoms with van der Waals surface area (Å²) in [5.74, 6) is -0.0650. The third-order valence-electron chi connectivity index (χ3n) is 6.05. The lowest BCUT2D eigenvalue weighted by atomic mass is 9.98. The first kappa shape index (κ1) is 19.1. The average Bonchev–Trinajstić information content (AvgIpc) is 3.00. The van der Waals surface area contributed by atoms with Gasteiger partial charge < -0.3 is 15.1 Å². The Hall–Kier alpha value is -2.25. The van der Waals surface area contributed by atoms with Crippen molar-refractivity contribution < 1.29 is 14.4 Å². The molecule has 2 atom stereocenters. The molecule has 0 aromatic heterocycles. The summed E-state index contributed by atoms with van der Waals surface area (Å²) in [7, 11) is 2.10. The van der Waals surface area contributed by atoms with Crippen LogP contribution in [0.3, 0.4) is 0 Å². The minimum atomic E-state index is -0.559. The maximum Gasteiger partial charge on any atom is 0.255 e. The number of amides is 3. The first-order valence-corrected chi connectivity index (χ1v) is 10.2. The van der Waals surface area contributed by atoms with Gasteiger partial charge in [0, 0.05) is 31.6 Å². The summed E-state index contributed by atoms with van der Waals surface area (Å²) >= 11 is 0. The minimum absolute atomic E-state index is 0.0900. The number of benzene rings is 1. The Labute approximate surface area is 165 Å². The predicted octanol–water partition coefficient (Wildman–Crippen LogP) is 0.879. The fourth-order valence-corrected chi connectivity index (χ4v) is 4.70. The van der Waals surface area contributed by atoms with E-state index in [0.29, 0.717) is 25.4 Å². The molecule has 0 bridgehead atoms. The van der Waals surface area contributed by atoms with Gasteiger partial charge in [-0.15, -0.1) is 0 Å². The van der Waals surface area contributed by atoms with E-state index in [1.807, 2.05) is 18.2 Å². The van der Waals surface area contributed by atoms with Crippen LogP contribution in [-0.4, -0.2) is 60.2 Å². The molecule has 1 aromatic rings. The average molecular weight is 384 g/mol. The van der Waals surface area contributed by atoms with Crippen molar-refractivity contribution in [3.05, 3.63) is 34.9 Å². The van der Waals surface area contributed by atoms with Gasteiger partial charge in [-0.25, -0.2) is 0 Å². The zero-order valence-corrected chi connectivity index (χ0v) is 16.4. The smallest absolute Gasteiger partial charge is 0.255 e.